The first-order valence-electron chi connectivity index (χ1n) is 5.59. The molecule has 1 rings (SSSR count). The van der Waals surface area contributed by atoms with Crippen LogP contribution in [0.5, 0.6) is 0 Å². The zero-order valence-electron chi connectivity index (χ0n) is 10.8. The van der Waals surface area contributed by atoms with Crippen LogP contribution in [0.25, 0.3) is 0 Å². The number of thioether (sulfide) groups is 1. The third-order valence-corrected chi connectivity index (χ3v) is 5.03. The van der Waals surface area contributed by atoms with Crippen molar-refractivity contribution in [1.82, 2.24) is 0 Å². The Morgan fingerprint density at radius 1 is 1.39 bits per heavy atom. The van der Waals surface area contributed by atoms with Crippen molar-refractivity contribution in [3.05, 3.63) is 24.3 Å². The Balaban J connectivity index is 2.98. The van der Waals surface area contributed by atoms with Gasteiger partial charge in [0, 0.05) is 17.5 Å². The second kappa shape index (κ2) is 6.45. The van der Waals surface area contributed by atoms with E-state index in [1.54, 1.807) is 36.0 Å². The van der Waals surface area contributed by atoms with Gasteiger partial charge in [0.2, 0.25) is 0 Å². The maximum Gasteiger partial charge on any atom is 0.177 e. The molecule has 6 heteroatoms. The van der Waals surface area contributed by atoms with Crippen LogP contribution in [-0.4, -0.2) is 43.9 Å². The van der Waals surface area contributed by atoms with E-state index in [0.29, 0.717) is 5.69 Å². The van der Waals surface area contributed by atoms with E-state index in [2.05, 4.69) is 5.32 Å². The molecule has 2 unspecified atom stereocenters. The minimum absolute atomic E-state index is 0.0205. The van der Waals surface area contributed by atoms with Gasteiger partial charge in [0.05, 0.1) is 17.2 Å². The van der Waals surface area contributed by atoms with Crippen LogP contribution in [-0.2, 0) is 9.84 Å². The van der Waals surface area contributed by atoms with Crippen LogP contribution in [0.2, 0.25) is 0 Å². The summed E-state index contributed by atoms with van der Waals surface area (Å²) in [7, 11) is -3.25. The molecule has 0 amide bonds. The summed E-state index contributed by atoms with van der Waals surface area (Å²) < 4.78 is 23.3. The van der Waals surface area contributed by atoms with Gasteiger partial charge in [0.15, 0.2) is 9.84 Å². The SMILES string of the molecule is CSC(CO)C(C)Nc1ccccc1S(C)(=O)=O. The Kier molecular flexibility index (Phi) is 5.49. The van der Waals surface area contributed by atoms with Crippen LogP contribution in [0.15, 0.2) is 29.2 Å². The van der Waals surface area contributed by atoms with E-state index in [-0.39, 0.29) is 22.8 Å². The maximum absolute atomic E-state index is 11.6. The lowest BCUT2D eigenvalue weighted by atomic mass is 10.2. The largest absolute Gasteiger partial charge is 0.395 e. The van der Waals surface area contributed by atoms with Gasteiger partial charge in [-0.15, -0.1) is 0 Å². The minimum Gasteiger partial charge on any atom is -0.395 e. The molecule has 18 heavy (non-hydrogen) atoms. The quantitative estimate of drug-likeness (QED) is 0.833. The van der Waals surface area contributed by atoms with Gasteiger partial charge < -0.3 is 10.4 Å². The van der Waals surface area contributed by atoms with Gasteiger partial charge in [-0.05, 0) is 25.3 Å². The molecule has 2 atom stereocenters. The number of hydrogen-bond donors (Lipinski definition) is 2. The Bertz CT molecular complexity index is 484. The Labute approximate surface area is 113 Å². The van der Waals surface area contributed by atoms with Crippen LogP contribution in [0, 0.1) is 0 Å². The molecule has 0 spiro atoms. The van der Waals surface area contributed by atoms with Crippen LogP contribution in [0.4, 0.5) is 5.69 Å². The van der Waals surface area contributed by atoms with Gasteiger partial charge in [0.25, 0.3) is 0 Å². The topological polar surface area (TPSA) is 66.4 Å². The van der Waals surface area contributed by atoms with Crippen molar-refractivity contribution in [3.63, 3.8) is 0 Å². The van der Waals surface area contributed by atoms with Crippen molar-refractivity contribution in [2.45, 2.75) is 23.1 Å². The lowest BCUT2D eigenvalue weighted by Crippen LogP contribution is -2.31. The summed E-state index contributed by atoms with van der Waals surface area (Å²) in [6.07, 6.45) is 3.11. The van der Waals surface area contributed by atoms with E-state index >= 15 is 0 Å². The monoisotopic (exact) mass is 289 g/mol. The van der Waals surface area contributed by atoms with Crippen molar-refractivity contribution >= 4 is 27.3 Å². The van der Waals surface area contributed by atoms with E-state index in [1.165, 1.54) is 6.26 Å². The summed E-state index contributed by atoms with van der Waals surface area (Å²) in [6, 6.07) is 6.79. The molecule has 0 aliphatic heterocycles. The van der Waals surface area contributed by atoms with Gasteiger partial charge in [-0.2, -0.15) is 11.8 Å². The number of benzene rings is 1. The molecule has 0 fully saturated rings. The maximum atomic E-state index is 11.6. The van der Waals surface area contributed by atoms with Crippen molar-refractivity contribution in [3.8, 4) is 0 Å². The smallest absolute Gasteiger partial charge is 0.177 e. The highest BCUT2D eigenvalue weighted by Gasteiger charge is 2.18. The van der Waals surface area contributed by atoms with E-state index in [0.717, 1.165) is 0 Å². The zero-order chi connectivity index (χ0) is 13.8. The third kappa shape index (κ3) is 3.90. The fourth-order valence-corrected chi connectivity index (χ4v) is 3.16. The lowest BCUT2D eigenvalue weighted by Gasteiger charge is -2.23. The third-order valence-electron chi connectivity index (χ3n) is 2.71. The molecule has 0 aromatic heterocycles. The molecule has 1 aromatic rings. The predicted molar refractivity (Wildman–Crippen MR) is 77.0 cm³/mol. The van der Waals surface area contributed by atoms with Crippen LogP contribution in [0.3, 0.4) is 0 Å². The molecule has 1 aromatic carbocycles. The molecule has 102 valence electrons. The summed E-state index contributed by atoms with van der Waals surface area (Å²) in [6.45, 7) is 1.98. The summed E-state index contributed by atoms with van der Waals surface area (Å²) in [4.78, 5) is 0.287. The first-order chi connectivity index (χ1) is 8.40. The molecular weight excluding hydrogens is 270 g/mol. The van der Waals surface area contributed by atoms with E-state index in [1.807, 2.05) is 13.2 Å². The average Bonchev–Trinajstić information content (AvgIpc) is 2.30. The summed E-state index contributed by atoms with van der Waals surface area (Å²) in [5.41, 5.74) is 0.583. The fraction of sp³-hybridized carbons (Fsp3) is 0.500. The van der Waals surface area contributed by atoms with Crippen molar-refractivity contribution < 1.29 is 13.5 Å². The highest BCUT2D eigenvalue weighted by atomic mass is 32.2. The lowest BCUT2D eigenvalue weighted by molar-refractivity contribution is 0.288. The number of anilines is 1. The minimum atomic E-state index is -3.25. The van der Waals surface area contributed by atoms with Gasteiger partial charge in [-0.25, -0.2) is 8.42 Å². The van der Waals surface area contributed by atoms with Crippen molar-refractivity contribution in [2.24, 2.45) is 0 Å². The normalized spacial score (nSPS) is 15.1. The molecule has 0 aliphatic rings. The Hall–Kier alpha value is -0.720. The number of aliphatic hydroxyl groups excluding tert-OH is 1. The number of sulfone groups is 1. The number of nitrogens with one attached hydrogen (secondary N) is 1. The van der Waals surface area contributed by atoms with Gasteiger partial charge in [-0.1, -0.05) is 12.1 Å². The zero-order valence-corrected chi connectivity index (χ0v) is 12.4. The summed E-state index contributed by atoms with van der Waals surface area (Å²) >= 11 is 1.55. The average molecular weight is 289 g/mol. The summed E-state index contributed by atoms with van der Waals surface area (Å²) in [5, 5.41) is 12.4. The first kappa shape index (κ1) is 15.3. The molecular formula is C12H19NO3S2. The van der Waals surface area contributed by atoms with E-state index < -0.39 is 9.84 Å². The molecule has 0 saturated carbocycles. The number of aliphatic hydroxyl groups is 1. The van der Waals surface area contributed by atoms with Crippen molar-refractivity contribution in [2.75, 3.05) is 24.4 Å². The first-order valence-corrected chi connectivity index (χ1v) is 8.77. The standard InChI is InChI=1S/C12H19NO3S2/c1-9(11(8-14)17-2)13-10-6-4-5-7-12(10)18(3,15)16/h4-7,9,11,13-14H,8H2,1-3H3. The molecule has 0 saturated heterocycles. The summed E-state index contributed by atoms with van der Waals surface area (Å²) in [5.74, 6) is 0. The molecule has 4 nitrogen and oxygen atoms in total. The van der Waals surface area contributed by atoms with Gasteiger partial charge >= 0.3 is 0 Å². The molecule has 0 bridgehead atoms. The molecule has 0 radical (unpaired) electrons. The molecule has 2 N–H and O–H groups in total. The van der Waals surface area contributed by atoms with Crippen LogP contribution >= 0.6 is 11.8 Å². The van der Waals surface area contributed by atoms with Gasteiger partial charge in [0.1, 0.15) is 0 Å². The highest BCUT2D eigenvalue weighted by molar-refractivity contribution is 7.99. The van der Waals surface area contributed by atoms with E-state index in [9.17, 15) is 13.5 Å². The molecule has 0 aliphatic carbocycles. The van der Waals surface area contributed by atoms with Gasteiger partial charge in [-0.3, -0.25) is 0 Å². The van der Waals surface area contributed by atoms with Crippen LogP contribution < -0.4 is 5.32 Å². The Morgan fingerprint density at radius 2 is 2.00 bits per heavy atom. The van der Waals surface area contributed by atoms with E-state index in [4.69, 9.17) is 0 Å². The van der Waals surface area contributed by atoms with Crippen molar-refractivity contribution in [1.29, 1.82) is 0 Å². The molecule has 0 heterocycles. The highest BCUT2D eigenvalue weighted by Crippen LogP contribution is 2.23. The second-order valence-electron chi connectivity index (χ2n) is 4.16. The number of rotatable bonds is 6. The number of hydrogen-bond acceptors (Lipinski definition) is 5. The van der Waals surface area contributed by atoms with Crippen LogP contribution in [0.1, 0.15) is 6.92 Å². The fourth-order valence-electron chi connectivity index (χ4n) is 1.68. The number of para-hydroxylation sites is 1. The Morgan fingerprint density at radius 3 is 2.50 bits per heavy atom. The predicted octanol–water partition coefficient (Wildman–Crippen LogP) is 1.61. The second-order valence-corrected chi connectivity index (χ2v) is 7.22.